The Kier molecular flexibility index (Phi) is 2.70. The summed E-state index contributed by atoms with van der Waals surface area (Å²) in [6, 6.07) is 8.39. The van der Waals surface area contributed by atoms with Crippen LogP contribution in [-0.2, 0) is 10.2 Å². The van der Waals surface area contributed by atoms with Gasteiger partial charge in [-0.25, -0.2) is 0 Å². The lowest BCUT2D eigenvalue weighted by atomic mass is 9.52. The largest absolute Gasteiger partial charge is 0.481 e. The molecule has 3 aliphatic rings. The number of hydrogen-bond acceptors (Lipinski definition) is 2. The molecule has 0 atom stereocenters. The third-order valence-corrected chi connectivity index (χ3v) is 5.44. The van der Waals surface area contributed by atoms with Gasteiger partial charge in [-0.2, -0.15) is 0 Å². The second kappa shape index (κ2) is 4.02. The first-order chi connectivity index (χ1) is 8.56. The van der Waals surface area contributed by atoms with Gasteiger partial charge in [0.2, 0.25) is 0 Å². The Morgan fingerprint density at radius 1 is 1.11 bits per heavy atom. The van der Waals surface area contributed by atoms with E-state index >= 15 is 0 Å². The van der Waals surface area contributed by atoms with Crippen molar-refractivity contribution in [2.45, 2.75) is 48.8 Å². The van der Waals surface area contributed by atoms with Gasteiger partial charge in [-0.15, -0.1) is 12.6 Å². The van der Waals surface area contributed by atoms with Crippen LogP contribution in [0.4, 0.5) is 0 Å². The van der Waals surface area contributed by atoms with Crippen LogP contribution in [-0.4, -0.2) is 11.1 Å². The van der Waals surface area contributed by atoms with Gasteiger partial charge < -0.3 is 5.11 Å². The summed E-state index contributed by atoms with van der Waals surface area (Å²) in [5.74, 6) is -0.584. The summed E-state index contributed by atoms with van der Waals surface area (Å²) in [4.78, 5) is 12.4. The van der Waals surface area contributed by atoms with E-state index in [1.165, 1.54) is 5.56 Å². The van der Waals surface area contributed by atoms with E-state index in [1.807, 2.05) is 6.07 Å². The maximum absolute atomic E-state index is 11.4. The third-order valence-electron chi connectivity index (χ3n) is 5.16. The van der Waals surface area contributed by atoms with Crippen LogP contribution in [0, 0.1) is 5.41 Å². The summed E-state index contributed by atoms with van der Waals surface area (Å²) >= 11 is 4.42. The topological polar surface area (TPSA) is 37.3 Å². The molecule has 3 heteroatoms. The molecule has 0 radical (unpaired) electrons. The van der Waals surface area contributed by atoms with Gasteiger partial charge in [0.05, 0.1) is 5.41 Å². The fourth-order valence-corrected chi connectivity index (χ4v) is 4.00. The number of carboxylic acids is 1. The number of carboxylic acid groups (broad SMARTS) is 1. The molecule has 1 N–H and O–H groups in total. The predicted octanol–water partition coefficient (Wildman–Crippen LogP) is 3.65. The van der Waals surface area contributed by atoms with Crippen LogP contribution in [0.3, 0.4) is 0 Å². The molecule has 0 aromatic heterocycles. The Morgan fingerprint density at radius 2 is 1.72 bits per heavy atom. The molecule has 0 saturated heterocycles. The van der Waals surface area contributed by atoms with Crippen molar-refractivity contribution < 1.29 is 9.90 Å². The molecular weight excluding hydrogens is 244 g/mol. The molecular formula is C15H18O2S. The van der Waals surface area contributed by atoms with E-state index in [0.717, 1.165) is 43.4 Å². The highest BCUT2D eigenvalue weighted by Crippen LogP contribution is 2.57. The van der Waals surface area contributed by atoms with E-state index < -0.39 is 11.4 Å². The van der Waals surface area contributed by atoms with E-state index in [4.69, 9.17) is 0 Å². The summed E-state index contributed by atoms with van der Waals surface area (Å²) in [6.45, 7) is 0. The number of benzene rings is 1. The molecule has 96 valence electrons. The van der Waals surface area contributed by atoms with E-state index in [2.05, 4.69) is 30.8 Å². The molecule has 1 aromatic rings. The van der Waals surface area contributed by atoms with Gasteiger partial charge in [0, 0.05) is 4.90 Å². The molecule has 3 saturated carbocycles. The predicted molar refractivity (Wildman–Crippen MR) is 73.1 cm³/mol. The fourth-order valence-electron chi connectivity index (χ4n) is 3.78. The lowest BCUT2D eigenvalue weighted by Gasteiger charge is -2.51. The summed E-state index contributed by atoms with van der Waals surface area (Å²) < 4.78 is 0. The molecule has 3 fully saturated rings. The average molecular weight is 262 g/mol. The lowest BCUT2D eigenvalue weighted by Crippen LogP contribution is -2.47. The number of hydrogen-bond donors (Lipinski definition) is 2. The van der Waals surface area contributed by atoms with Crippen molar-refractivity contribution in [3.8, 4) is 0 Å². The monoisotopic (exact) mass is 262 g/mol. The lowest BCUT2D eigenvalue weighted by molar-refractivity contribution is -0.156. The van der Waals surface area contributed by atoms with Crippen molar-refractivity contribution >= 4 is 18.6 Å². The van der Waals surface area contributed by atoms with Crippen molar-refractivity contribution in [3.05, 3.63) is 29.8 Å². The molecule has 4 rings (SSSR count). The third kappa shape index (κ3) is 1.68. The molecule has 0 aliphatic heterocycles. The Hall–Kier alpha value is -0.960. The zero-order chi connectivity index (χ0) is 12.8. The van der Waals surface area contributed by atoms with E-state index in [0.29, 0.717) is 0 Å². The van der Waals surface area contributed by atoms with E-state index in [1.54, 1.807) is 0 Å². The molecule has 0 unspecified atom stereocenters. The van der Waals surface area contributed by atoms with Crippen LogP contribution in [0.2, 0.25) is 0 Å². The molecule has 18 heavy (non-hydrogen) atoms. The minimum Gasteiger partial charge on any atom is -0.481 e. The first-order valence-corrected chi connectivity index (χ1v) is 7.04. The van der Waals surface area contributed by atoms with Crippen LogP contribution in [0.25, 0.3) is 0 Å². The van der Waals surface area contributed by atoms with Crippen molar-refractivity contribution in [2.24, 2.45) is 5.41 Å². The second-order valence-corrected chi connectivity index (χ2v) is 6.43. The smallest absolute Gasteiger partial charge is 0.309 e. The van der Waals surface area contributed by atoms with Gasteiger partial charge >= 0.3 is 5.97 Å². The Balaban J connectivity index is 1.91. The Morgan fingerprint density at radius 3 is 2.22 bits per heavy atom. The number of fused-ring (bicyclic) bond motifs is 3. The van der Waals surface area contributed by atoms with Gasteiger partial charge in [0.15, 0.2) is 0 Å². The van der Waals surface area contributed by atoms with Crippen molar-refractivity contribution in [2.75, 3.05) is 0 Å². The highest BCUT2D eigenvalue weighted by molar-refractivity contribution is 7.80. The van der Waals surface area contributed by atoms with Crippen LogP contribution >= 0.6 is 12.6 Å². The van der Waals surface area contributed by atoms with Gasteiger partial charge in [0.1, 0.15) is 0 Å². The van der Waals surface area contributed by atoms with Crippen molar-refractivity contribution in [3.63, 3.8) is 0 Å². The summed E-state index contributed by atoms with van der Waals surface area (Å²) in [6.07, 6.45) is 5.53. The molecule has 0 spiro atoms. The van der Waals surface area contributed by atoms with Gasteiger partial charge in [-0.1, -0.05) is 12.1 Å². The van der Waals surface area contributed by atoms with Crippen molar-refractivity contribution in [1.29, 1.82) is 0 Å². The van der Waals surface area contributed by atoms with E-state index in [-0.39, 0.29) is 5.41 Å². The minimum atomic E-state index is -0.584. The van der Waals surface area contributed by atoms with Crippen LogP contribution in [0.5, 0.6) is 0 Å². The number of thiol groups is 1. The van der Waals surface area contributed by atoms with Crippen LogP contribution < -0.4 is 0 Å². The Bertz CT molecular complexity index is 470. The number of rotatable bonds is 2. The highest BCUT2D eigenvalue weighted by atomic mass is 32.1. The minimum absolute atomic E-state index is 0.218. The molecule has 3 aliphatic carbocycles. The quantitative estimate of drug-likeness (QED) is 0.798. The molecule has 0 amide bonds. The van der Waals surface area contributed by atoms with E-state index in [9.17, 15) is 9.90 Å². The Labute approximate surface area is 113 Å². The van der Waals surface area contributed by atoms with Gasteiger partial charge in [-0.05, 0) is 61.6 Å². The van der Waals surface area contributed by atoms with Crippen LogP contribution in [0.1, 0.15) is 44.1 Å². The molecule has 2 nitrogen and oxygen atoms in total. The molecule has 1 aromatic carbocycles. The first kappa shape index (κ1) is 12.1. The second-order valence-electron chi connectivity index (χ2n) is 5.92. The number of aliphatic carboxylic acids is 1. The van der Waals surface area contributed by atoms with Crippen LogP contribution in [0.15, 0.2) is 29.2 Å². The fraction of sp³-hybridized carbons (Fsp3) is 0.533. The standard InChI is InChI=1S/C15H18O2S/c16-13(17)15-7-4-14(5-8-15,6-9-15)11-2-1-3-12(18)10-11/h1-3,10,18H,4-9H2,(H,16,17). The maximum Gasteiger partial charge on any atom is 0.309 e. The molecule has 2 bridgehead atoms. The SMILES string of the molecule is O=C(O)C12CCC(c3cccc(S)c3)(CC1)CC2. The summed E-state index contributed by atoms with van der Waals surface area (Å²) in [7, 11) is 0. The van der Waals surface area contributed by atoms with Crippen molar-refractivity contribution in [1.82, 2.24) is 0 Å². The first-order valence-electron chi connectivity index (χ1n) is 6.59. The zero-order valence-electron chi connectivity index (χ0n) is 10.4. The van der Waals surface area contributed by atoms with Gasteiger partial charge in [0.25, 0.3) is 0 Å². The zero-order valence-corrected chi connectivity index (χ0v) is 11.2. The summed E-state index contributed by atoms with van der Waals surface area (Å²) in [5.41, 5.74) is 1.16. The normalized spacial score (nSPS) is 34.5. The summed E-state index contributed by atoms with van der Waals surface area (Å²) in [5, 5.41) is 9.40. The highest BCUT2D eigenvalue weighted by Gasteiger charge is 2.53. The molecule has 0 heterocycles. The van der Waals surface area contributed by atoms with Gasteiger partial charge in [-0.3, -0.25) is 4.79 Å². The average Bonchev–Trinajstić information content (AvgIpc) is 2.41. The number of carbonyl (C=O) groups is 1. The maximum atomic E-state index is 11.4.